The minimum Gasteiger partial charge on any atom is -0.485 e. The fourth-order valence-electron chi connectivity index (χ4n) is 1.90. The first-order chi connectivity index (χ1) is 9.90. The number of β-amino-alcohol motifs (C(OH)–C–C–N with tert-alkyl or cyclic N) is 1. The van der Waals surface area contributed by atoms with Crippen molar-refractivity contribution in [2.75, 3.05) is 13.2 Å². The molecule has 0 bridgehead atoms. The summed E-state index contributed by atoms with van der Waals surface area (Å²) < 4.78 is 11.0. The topological polar surface area (TPSA) is 78.4 Å². The third kappa shape index (κ3) is 3.97. The van der Waals surface area contributed by atoms with Gasteiger partial charge in [-0.1, -0.05) is 12.1 Å². The molecule has 1 heterocycles. The lowest BCUT2D eigenvalue weighted by atomic mass is 10.1. The molecule has 1 aromatic carbocycles. The van der Waals surface area contributed by atoms with E-state index in [1.807, 2.05) is 45.0 Å². The molecule has 0 spiro atoms. The normalized spacial score (nSPS) is 13.1. The molecule has 2 N–H and O–H groups in total. The molecule has 0 saturated carbocycles. The van der Waals surface area contributed by atoms with Crippen LogP contribution >= 0.6 is 0 Å². The minimum absolute atomic E-state index is 0.0683. The molecule has 0 aliphatic rings. The van der Waals surface area contributed by atoms with E-state index in [0.29, 0.717) is 17.9 Å². The van der Waals surface area contributed by atoms with E-state index in [0.717, 1.165) is 5.39 Å². The average Bonchev–Trinajstić information content (AvgIpc) is 2.80. The van der Waals surface area contributed by atoms with E-state index in [2.05, 4.69) is 5.32 Å². The summed E-state index contributed by atoms with van der Waals surface area (Å²) in [6.07, 6.45) is -0.663. The minimum atomic E-state index is -0.663. The number of furan rings is 1. The molecule has 21 heavy (non-hydrogen) atoms. The second kappa shape index (κ2) is 6.17. The Bertz CT molecular complexity index is 650. The molecule has 0 radical (unpaired) electrons. The highest BCUT2D eigenvalue weighted by Gasteiger charge is 2.17. The highest BCUT2D eigenvalue weighted by Crippen LogP contribution is 2.32. The zero-order chi connectivity index (χ0) is 15.5. The van der Waals surface area contributed by atoms with Crippen molar-refractivity contribution < 1.29 is 14.3 Å². The van der Waals surface area contributed by atoms with Gasteiger partial charge in [-0.15, -0.1) is 0 Å². The first-order valence-electron chi connectivity index (χ1n) is 6.88. The molecule has 1 aromatic heterocycles. The number of fused-ring (bicyclic) bond motifs is 1. The van der Waals surface area contributed by atoms with Crippen molar-refractivity contribution in [1.29, 1.82) is 5.26 Å². The van der Waals surface area contributed by atoms with E-state index in [1.165, 1.54) is 0 Å². The maximum Gasteiger partial charge on any atom is 0.246 e. The molecule has 0 amide bonds. The summed E-state index contributed by atoms with van der Waals surface area (Å²) in [4.78, 5) is 0. The fourth-order valence-corrected chi connectivity index (χ4v) is 1.90. The Kier molecular flexibility index (Phi) is 4.51. The maximum absolute atomic E-state index is 9.95. The van der Waals surface area contributed by atoms with Crippen LogP contribution in [0, 0.1) is 11.3 Å². The van der Waals surface area contributed by atoms with E-state index in [4.69, 9.17) is 14.4 Å². The van der Waals surface area contributed by atoms with Crippen LogP contribution < -0.4 is 10.1 Å². The first-order valence-corrected chi connectivity index (χ1v) is 6.88. The van der Waals surface area contributed by atoms with E-state index in [-0.39, 0.29) is 17.9 Å². The number of hydrogen-bond acceptors (Lipinski definition) is 5. The van der Waals surface area contributed by atoms with Gasteiger partial charge in [-0.25, -0.2) is 0 Å². The number of nitriles is 1. The number of nitrogens with one attached hydrogen (secondary N) is 1. The molecular formula is C16H20N2O3. The molecule has 0 saturated heterocycles. The van der Waals surface area contributed by atoms with Crippen molar-refractivity contribution in [1.82, 2.24) is 5.32 Å². The number of benzene rings is 1. The number of rotatable bonds is 5. The second-order valence-electron chi connectivity index (χ2n) is 5.96. The van der Waals surface area contributed by atoms with Crippen LogP contribution in [0.3, 0.4) is 0 Å². The van der Waals surface area contributed by atoms with Crippen molar-refractivity contribution in [2.24, 2.45) is 0 Å². The third-order valence-electron chi connectivity index (χ3n) is 2.94. The number of nitrogens with zero attached hydrogens (tertiary/aromatic N) is 1. The SMILES string of the molecule is CC(C)(C)NCC(O)COc1c(C#N)oc2ccccc12. The second-order valence-corrected chi connectivity index (χ2v) is 5.96. The van der Waals surface area contributed by atoms with Crippen molar-refractivity contribution in [2.45, 2.75) is 32.4 Å². The van der Waals surface area contributed by atoms with Gasteiger partial charge in [-0.2, -0.15) is 5.26 Å². The number of aliphatic hydroxyl groups is 1. The average molecular weight is 288 g/mol. The summed E-state index contributed by atoms with van der Waals surface area (Å²) in [6, 6.07) is 9.27. The smallest absolute Gasteiger partial charge is 0.246 e. The standard InChI is InChI=1S/C16H20N2O3/c1-16(2,3)18-9-11(19)10-20-15-12-6-4-5-7-13(12)21-14(15)8-17/h4-7,11,18-19H,9-10H2,1-3H3. The van der Waals surface area contributed by atoms with Gasteiger partial charge in [0, 0.05) is 12.1 Å². The Morgan fingerprint density at radius 1 is 1.38 bits per heavy atom. The molecule has 5 heteroatoms. The van der Waals surface area contributed by atoms with Crippen LogP contribution in [0.2, 0.25) is 0 Å². The Balaban J connectivity index is 2.05. The summed E-state index contributed by atoms with van der Waals surface area (Å²) in [6.45, 7) is 6.59. The lowest BCUT2D eigenvalue weighted by molar-refractivity contribution is 0.100. The highest BCUT2D eigenvalue weighted by molar-refractivity contribution is 5.86. The predicted octanol–water partition coefficient (Wildman–Crippen LogP) is 2.43. The zero-order valence-corrected chi connectivity index (χ0v) is 12.5. The molecule has 0 fully saturated rings. The monoisotopic (exact) mass is 288 g/mol. The number of para-hydroxylation sites is 1. The van der Waals surface area contributed by atoms with E-state index >= 15 is 0 Å². The molecule has 1 unspecified atom stereocenters. The Morgan fingerprint density at radius 3 is 2.76 bits per heavy atom. The third-order valence-corrected chi connectivity index (χ3v) is 2.94. The summed E-state index contributed by atoms with van der Waals surface area (Å²) in [5.41, 5.74) is 0.535. The van der Waals surface area contributed by atoms with Gasteiger partial charge in [0.1, 0.15) is 24.4 Å². The number of aliphatic hydroxyl groups excluding tert-OH is 1. The van der Waals surface area contributed by atoms with Crippen LogP contribution in [0.25, 0.3) is 11.0 Å². The van der Waals surface area contributed by atoms with Crippen molar-refractivity contribution in [3.63, 3.8) is 0 Å². The molecular weight excluding hydrogens is 268 g/mol. The van der Waals surface area contributed by atoms with Crippen LogP contribution in [0.1, 0.15) is 26.5 Å². The predicted molar refractivity (Wildman–Crippen MR) is 80.2 cm³/mol. The van der Waals surface area contributed by atoms with Gasteiger partial charge < -0.3 is 19.6 Å². The molecule has 2 rings (SSSR count). The van der Waals surface area contributed by atoms with Crippen LogP contribution in [-0.4, -0.2) is 29.9 Å². The number of ether oxygens (including phenoxy) is 1. The molecule has 5 nitrogen and oxygen atoms in total. The molecule has 112 valence electrons. The molecule has 0 aliphatic heterocycles. The van der Waals surface area contributed by atoms with Gasteiger partial charge in [0.25, 0.3) is 0 Å². The van der Waals surface area contributed by atoms with E-state index in [9.17, 15) is 5.11 Å². The summed E-state index contributed by atoms with van der Waals surface area (Å²) in [5, 5.41) is 23.0. The largest absolute Gasteiger partial charge is 0.485 e. The van der Waals surface area contributed by atoms with Gasteiger partial charge in [0.05, 0.1) is 5.39 Å². The Morgan fingerprint density at radius 2 is 2.10 bits per heavy atom. The van der Waals surface area contributed by atoms with Gasteiger partial charge >= 0.3 is 0 Å². The lowest BCUT2D eigenvalue weighted by Gasteiger charge is -2.22. The summed E-state index contributed by atoms with van der Waals surface area (Å²) in [5.74, 6) is 0.523. The van der Waals surface area contributed by atoms with Gasteiger partial charge in [-0.05, 0) is 32.9 Å². The quantitative estimate of drug-likeness (QED) is 0.883. The fraction of sp³-hybridized carbons (Fsp3) is 0.438. The molecule has 2 aromatic rings. The summed E-state index contributed by atoms with van der Waals surface area (Å²) >= 11 is 0. The van der Waals surface area contributed by atoms with Gasteiger partial charge in [0.15, 0.2) is 5.75 Å². The lowest BCUT2D eigenvalue weighted by Crippen LogP contribution is -2.42. The van der Waals surface area contributed by atoms with Crippen molar-refractivity contribution >= 4 is 11.0 Å². The number of hydrogen-bond donors (Lipinski definition) is 2. The maximum atomic E-state index is 9.95. The van der Waals surface area contributed by atoms with E-state index in [1.54, 1.807) is 6.07 Å². The summed E-state index contributed by atoms with van der Waals surface area (Å²) in [7, 11) is 0. The Hall–Kier alpha value is -2.03. The van der Waals surface area contributed by atoms with Crippen LogP contribution in [-0.2, 0) is 0 Å². The zero-order valence-electron chi connectivity index (χ0n) is 12.5. The molecule has 1 atom stereocenters. The van der Waals surface area contributed by atoms with Gasteiger partial charge in [0.2, 0.25) is 5.76 Å². The van der Waals surface area contributed by atoms with Crippen molar-refractivity contribution in [3.8, 4) is 11.8 Å². The van der Waals surface area contributed by atoms with Crippen LogP contribution in [0.4, 0.5) is 0 Å². The van der Waals surface area contributed by atoms with Crippen LogP contribution in [0.15, 0.2) is 28.7 Å². The van der Waals surface area contributed by atoms with Gasteiger partial charge in [-0.3, -0.25) is 0 Å². The van der Waals surface area contributed by atoms with Crippen LogP contribution in [0.5, 0.6) is 5.75 Å². The first kappa shape index (κ1) is 15.4. The van der Waals surface area contributed by atoms with E-state index < -0.39 is 6.10 Å². The van der Waals surface area contributed by atoms with Crippen molar-refractivity contribution in [3.05, 3.63) is 30.0 Å². The highest BCUT2D eigenvalue weighted by atomic mass is 16.5. The molecule has 0 aliphatic carbocycles. The Labute approximate surface area is 124 Å².